The van der Waals surface area contributed by atoms with E-state index in [4.69, 9.17) is 9.88 Å². The quantitative estimate of drug-likeness (QED) is 0.622. The average molecular weight is 412 g/mol. The predicted octanol–water partition coefficient (Wildman–Crippen LogP) is 1.03. The number of hydrogen-bond acceptors (Lipinski definition) is 6. The Morgan fingerprint density at radius 3 is 2.04 bits per heavy atom. The molecule has 0 unspecified atom stereocenters. The number of sulfonamides is 2. The molecule has 0 aliphatic heterocycles. The van der Waals surface area contributed by atoms with Crippen molar-refractivity contribution in [3.63, 3.8) is 0 Å². The molecule has 0 bridgehead atoms. The number of primary sulfonamides is 1. The zero-order valence-electron chi connectivity index (χ0n) is 14.6. The minimum atomic E-state index is -3.76. The number of nitrogens with one attached hydrogen (secondary N) is 1. The van der Waals surface area contributed by atoms with Gasteiger partial charge in [0.2, 0.25) is 20.0 Å². The molecule has 0 amide bonds. The van der Waals surface area contributed by atoms with Gasteiger partial charge in [-0.2, -0.15) is 0 Å². The van der Waals surface area contributed by atoms with Crippen LogP contribution in [0.4, 0.5) is 0 Å². The highest BCUT2D eigenvalue weighted by Crippen LogP contribution is 2.12. The lowest BCUT2D eigenvalue weighted by Gasteiger charge is -2.08. The van der Waals surface area contributed by atoms with Crippen molar-refractivity contribution in [1.82, 2.24) is 4.72 Å². The van der Waals surface area contributed by atoms with Gasteiger partial charge < -0.3 is 4.74 Å². The number of carbonyl (C=O) groups is 1. The van der Waals surface area contributed by atoms with E-state index >= 15 is 0 Å². The molecule has 0 saturated heterocycles. The van der Waals surface area contributed by atoms with Crippen molar-refractivity contribution >= 4 is 26.0 Å². The fourth-order valence-corrected chi connectivity index (χ4v) is 3.79. The minimum Gasteiger partial charge on any atom is -0.462 e. The fourth-order valence-electron chi connectivity index (χ4n) is 2.24. The summed E-state index contributed by atoms with van der Waals surface area (Å²) in [6.07, 6.45) is 0.366. The Balaban J connectivity index is 1.97. The van der Waals surface area contributed by atoms with Crippen LogP contribution >= 0.6 is 0 Å². The van der Waals surface area contributed by atoms with Crippen LogP contribution in [-0.4, -0.2) is 36.0 Å². The monoisotopic (exact) mass is 412 g/mol. The van der Waals surface area contributed by atoms with Gasteiger partial charge in [0.25, 0.3) is 0 Å². The lowest BCUT2D eigenvalue weighted by molar-refractivity contribution is 0.0526. The third-order valence-electron chi connectivity index (χ3n) is 3.63. The lowest BCUT2D eigenvalue weighted by Crippen LogP contribution is -2.26. The second-order valence-corrected chi connectivity index (χ2v) is 8.91. The number of carbonyl (C=O) groups excluding carboxylic acids is 1. The number of esters is 1. The van der Waals surface area contributed by atoms with Crippen LogP contribution in [0.3, 0.4) is 0 Å². The molecule has 0 aliphatic carbocycles. The summed E-state index contributed by atoms with van der Waals surface area (Å²) in [5.74, 6) is -0.516. The molecule has 0 heterocycles. The molecule has 2 aromatic rings. The maximum atomic E-state index is 12.3. The van der Waals surface area contributed by atoms with Gasteiger partial charge in [-0.25, -0.2) is 31.5 Å². The minimum absolute atomic E-state index is 0.00600. The molecular formula is C17H20N2O6S2. The van der Waals surface area contributed by atoms with E-state index in [1.165, 1.54) is 36.4 Å². The van der Waals surface area contributed by atoms with Crippen LogP contribution in [0.15, 0.2) is 58.3 Å². The zero-order chi connectivity index (χ0) is 20.1. The van der Waals surface area contributed by atoms with E-state index in [0.29, 0.717) is 6.42 Å². The van der Waals surface area contributed by atoms with Crippen LogP contribution < -0.4 is 9.86 Å². The molecule has 0 aliphatic rings. The molecular weight excluding hydrogens is 392 g/mol. The smallest absolute Gasteiger partial charge is 0.338 e. The first-order valence-electron chi connectivity index (χ1n) is 8.02. The van der Waals surface area contributed by atoms with E-state index in [-0.39, 0.29) is 28.5 Å². The Morgan fingerprint density at radius 2 is 1.52 bits per heavy atom. The molecule has 2 rings (SSSR count). The van der Waals surface area contributed by atoms with Crippen LogP contribution in [0.5, 0.6) is 0 Å². The Morgan fingerprint density at radius 1 is 0.963 bits per heavy atom. The van der Waals surface area contributed by atoms with E-state index < -0.39 is 26.0 Å². The molecule has 0 spiro atoms. The number of benzene rings is 2. The first-order chi connectivity index (χ1) is 12.6. The molecule has 0 atom stereocenters. The van der Waals surface area contributed by atoms with Crippen molar-refractivity contribution in [1.29, 1.82) is 0 Å². The van der Waals surface area contributed by atoms with Gasteiger partial charge >= 0.3 is 5.97 Å². The van der Waals surface area contributed by atoms with E-state index in [9.17, 15) is 21.6 Å². The molecule has 3 N–H and O–H groups in total. The zero-order valence-corrected chi connectivity index (χ0v) is 16.2. The normalized spacial score (nSPS) is 11.9. The van der Waals surface area contributed by atoms with Crippen molar-refractivity contribution in [2.24, 2.45) is 5.14 Å². The number of nitrogens with two attached hydrogens (primary N) is 1. The van der Waals surface area contributed by atoms with E-state index in [1.54, 1.807) is 19.1 Å². The molecule has 2 aromatic carbocycles. The van der Waals surface area contributed by atoms with E-state index in [2.05, 4.69) is 4.72 Å². The van der Waals surface area contributed by atoms with E-state index in [0.717, 1.165) is 5.56 Å². The SMILES string of the molecule is CCOC(=O)c1ccc(S(=O)(=O)NCCc2ccc(S(N)(=O)=O)cc2)cc1. The lowest BCUT2D eigenvalue weighted by atomic mass is 10.2. The van der Waals surface area contributed by atoms with Crippen molar-refractivity contribution < 1.29 is 26.4 Å². The maximum Gasteiger partial charge on any atom is 0.338 e. The van der Waals surface area contributed by atoms with Gasteiger partial charge in [0.1, 0.15) is 0 Å². The summed E-state index contributed by atoms with van der Waals surface area (Å²) >= 11 is 0. The van der Waals surface area contributed by atoms with E-state index in [1.807, 2.05) is 0 Å². The summed E-state index contributed by atoms with van der Waals surface area (Å²) in [5, 5.41) is 5.03. The Bertz CT molecular complexity index is 998. The van der Waals surface area contributed by atoms with Crippen molar-refractivity contribution in [3.05, 3.63) is 59.7 Å². The fraction of sp³-hybridized carbons (Fsp3) is 0.235. The summed E-state index contributed by atoms with van der Waals surface area (Å²) in [5.41, 5.74) is 1.02. The third kappa shape index (κ3) is 5.86. The average Bonchev–Trinajstić information content (AvgIpc) is 2.61. The van der Waals surface area contributed by atoms with Gasteiger partial charge in [0.15, 0.2) is 0 Å². The summed E-state index contributed by atoms with van der Waals surface area (Å²) in [6.45, 7) is 2.04. The van der Waals surface area contributed by atoms with Crippen LogP contribution in [0, 0.1) is 0 Å². The first-order valence-corrected chi connectivity index (χ1v) is 11.0. The largest absolute Gasteiger partial charge is 0.462 e. The first kappa shape index (κ1) is 21.0. The highest BCUT2D eigenvalue weighted by molar-refractivity contribution is 7.89. The highest BCUT2D eigenvalue weighted by atomic mass is 32.2. The third-order valence-corrected chi connectivity index (χ3v) is 6.04. The van der Waals surface area contributed by atoms with Gasteiger partial charge in [-0.15, -0.1) is 0 Å². The van der Waals surface area contributed by atoms with Crippen LogP contribution in [-0.2, 0) is 31.2 Å². The summed E-state index contributed by atoms with van der Waals surface area (Å²) < 4.78 is 54.3. The van der Waals surface area contributed by atoms with Crippen LogP contribution in [0.25, 0.3) is 0 Å². The second-order valence-electron chi connectivity index (χ2n) is 5.58. The van der Waals surface area contributed by atoms with Crippen LogP contribution in [0.2, 0.25) is 0 Å². The Kier molecular flexibility index (Phi) is 6.71. The summed E-state index contributed by atoms with van der Waals surface area (Å²) in [4.78, 5) is 11.6. The Hall–Kier alpha value is -2.27. The molecule has 0 saturated carbocycles. The molecule has 8 nitrogen and oxygen atoms in total. The summed E-state index contributed by atoms with van der Waals surface area (Å²) in [7, 11) is -7.49. The molecule has 27 heavy (non-hydrogen) atoms. The number of ether oxygens (including phenoxy) is 1. The van der Waals surface area contributed by atoms with Crippen LogP contribution in [0.1, 0.15) is 22.8 Å². The highest BCUT2D eigenvalue weighted by Gasteiger charge is 2.15. The Labute approximate surface area is 158 Å². The maximum absolute atomic E-state index is 12.3. The van der Waals surface area contributed by atoms with Gasteiger partial charge in [-0.05, 0) is 55.3 Å². The molecule has 146 valence electrons. The predicted molar refractivity (Wildman–Crippen MR) is 99.1 cm³/mol. The molecule has 0 radical (unpaired) electrons. The van der Waals surface area contributed by atoms with Gasteiger partial charge in [-0.1, -0.05) is 12.1 Å². The standard InChI is InChI=1S/C17H20N2O6S2/c1-2-25-17(20)14-5-9-16(10-6-14)27(23,24)19-12-11-13-3-7-15(8-4-13)26(18,21)22/h3-10,19H,2,11-12H2,1H3,(H2,18,21,22). The molecule has 0 fully saturated rings. The number of hydrogen-bond donors (Lipinski definition) is 2. The molecule has 0 aromatic heterocycles. The second kappa shape index (κ2) is 8.61. The van der Waals surface area contributed by atoms with Crippen molar-refractivity contribution in [2.75, 3.05) is 13.2 Å². The van der Waals surface area contributed by atoms with Gasteiger partial charge in [0, 0.05) is 6.54 Å². The van der Waals surface area contributed by atoms with Gasteiger partial charge in [0.05, 0.1) is 22.0 Å². The van der Waals surface area contributed by atoms with Gasteiger partial charge in [-0.3, -0.25) is 0 Å². The van der Waals surface area contributed by atoms with Crippen molar-refractivity contribution in [3.8, 4) is 0 Å². The summed E-state index contributed by atoms with van der Waals surface area (Å²) in [6, 6.07) is 11.3. The van der Waals surface area contributed by atoms with Crippen molar-refractivity contribution in [2.45, 2.75) is 23.1 Å². The number of rotatable bonds is 8. The topological polar surface area (TPSA) is 133 Å². The molecule has 10 heteroatoms.